The number of hydrogen-bond donors (Lipinski definition) is 1. The highest BCUT2D eigenvalue weighted by Gasteiger charge is 2.24. The summed E-state index contributed by atoms with van der Waals surface area (Å²) in [5, 5.41) is 7.07. The van der Waals surface area contributed by atoms with Crippen LogP contribution >= 0.6 is 12.4 Å². The Morgan fingerprint density at radius 1 is 1.54 bits per heavy atom. The van der Waals surface area contributed by atoms with Crippen LogP contribution in [0.3, 0.4) is 0 Å². The summed E-state index contributed by atoms with van der Waals surface area (Å²) in [5.41, 5.74) is 0. The summed E-state index contributed by atoms with van der Waals surface area (Å²) in [4.78, 5) is 4.30. The molecule has 0 atom stereocenters. The smallest absolute Gasteiger partial charge is 0.232 e. The quantitative estimate of drug-likeness (QED) is 0.800. The van der Waals surface area contributed by atoms with E-state index in [1.54, 1.807) is 0 Å². The SMILES string of the molecule is CCCc1noc(C2CNC2)n1.Cl. The van der Waals surface area contributed by atoms with Gasteiger partial charge in [-0.1, -0.05) is 12.1 Å². The third-order valence-corrected chi connectivity index (χ3v) is 2.09. The number of rotatable bonds is 3. The Balaban J connectivity index is 0.000000845. The first-order valence-corrected chi connectivity index (χ1v) is 4.43. The largest absolute Gasteiger partial charge is 0.339 e. The molecule has 0 radical (unpaired) electrons. The molecule has 4 nitrogen and oxygen atoms in total. The van der Waals surface area contributed by atoms with Crippen LogP contribution in [0.15, 0.2) is 4.52 Å². The van der Waals surface area contributed by atoms with Crippen LogP contribution in [-0.4, -0.2) is 23.2 Å². The molecule has 1 aromatic heterocycles. The summed E-state index contributed by atoms with van der Waals surface area (Å²) < 4.78 is 5.12. The lowest BCUT2D eigenvalue weighted by molar-refractivity contribution is 0.306. The van der Waals surface area contributed by atoms with Crippen LogP contribution in [0.25, 0.3) is 0 Å². The second kappa shape index (κ2) is 4.58. The van der Waals surface area contributed by atoms with Gasteiger partial charge in [0, 0.05) is 19.5 Å². The lowest BCUT2D eigenvalue weighted by Gasteiger charge is -2.22. The van der Waals surface area contributed by atoms with Crippen molar-refractivity contribution in [3.05, 3.63) is 11.7 Å². The molecule has 0 bridgehead atoms. The maximum absolute atomic E-state index is 5.12. The van der Waals surface area contributed by atoms with E-state index in [1.165, 1.54) is 0 Å². The first-order valence-electron chi connectivity index (χ1n) is 4.43. The Morgan fingerprint density at radius 2 is 2.31 bits per heavy atom. The van der Waals surface area contributed by atoms with Gasteiger partial charge < -0.3 is 9.84 Å². The molecule has 0 spiro atoms. The second-order valence-corrected chi connectivity index (χ2v) is 3.15. The maximum atomic E-state index is 5.12. The summed E-state index contributed by atoms with van der Waals surface area (Å²) in [6, 6.07) is 0. The topological polar surface area (TPSA) is 51.0 Å². The fourth-order valence-corrected chi connectivity index (χ4v) is 1.22. The first-order chi connectivity index (χ1) is 5.90. The molecule has 0 unspecified atom stereocenters. The highest BCUT2D eigenvalue weighted by Crippen LogP contribution is 2.17. The summed E-state index contributed by atoms with van der Waals surface area (Å²) >= 11 is 0. The monoisotopic (exact) mass is 203 g/mol. The van der Waals surface area contributed by atoms with Gasteiger partial charge in [-0.25, -0.2) is 0 Å². The minimum atomic E-state index is 0. The molecule has 2 rings (SSSR count). The van der Waals surface area contributed by atoms with Crippen LogP contribution < -0.4 is 5.32 Å². The zero-order valence-electron chi connectivity index (χ0n) is 7.62. The molecule has 0 saturated carbocycles. The summed E-state index contributed by atoms with van der Waals surface area (Å²) in [6.07, 6.45) is 1.99. The van der Waals surface area contributed by atoms with E-state index in [1.807, 2.05) is 0 Å². The minimum absolute atomic E-state index is 0. The second-order valence-electron chi connectivity index (χ2n) is 3.15. The average molecular weight is 204 g/mol. The molecule has 74 valence electrons. The molecule has 0 aromatic carbocycles. The number of hydrogen-bond acceptors (Lipinski definition) is 4. The molecule has 1 aliphatic rings. The Kier molecular flexibility index (Phi) is 3.69. The molecular weight excluding hydrogens is 190 g/mol. The van der Waals surface area contributed by atoms with E-state index in [9.17, 15) is 0 Å². The van der Waals surface area contributed by atoms with Gasteiger partial charge in [-0.3, -0.25) is 0 Å². The number of aryl methyl sites for hydroxylation is 1. The maximum Gasteiger partial charge on any atom is 0.232 e. The summed E-state index contributed by atoms with van der Waals surface area (Å²) in [5.74, 6) is 2.11. The fraction of sp³-hybridized carbons (Fsp3) is 0.750. The van der Waals surface area contributed by atoms with Crippen molar-refractivity contribution < 1.29 is 4.52 Å². The molecule has 0 aliphatic carbocycles. The van der Waals surface area contributed by atoms with E-state index in [4.69, 9.17) is 4.52 Å². The summed E-state index contributed by atoms with van der Waals surface area (Å²) in [7, 11) is 0. The van der Waals surface area contributed by atoms with Gasteiger partial charge in [-0.2, -0.15) is 4.98 Å². The van der Waals surface area contributed by atoms with Crippen LogP contribution in [-0.2, 0) is 6.42 Å². The van der Waals surface area contributed by atoms with Crippen molar-refractivity contribution in [2.75, 3.05) is 13.1 Å². The van der Waals surface area contributed by atoms with Crippen molar-refractivity contribution in [2.24, 2.45) is 0 Å². The highest BCUT2D eigenvalue weighted by molar-refractivity contribution is 5.85. The van der Waals surface area contributed by atoms with Crippen molar-refractivity contribution in [1.82, 2.24) is 15.5 Å². The van der Waals surface area contributed by atoms with E-state index < -0.39 is 0 Å². The third-order valence-electron chi connectivity index (χ3n) is 2.09. The Hall–Kier alpha value is -0.610. The molecule has 1 aromatic rings. The van der Waals surface area contributed by atoms with Crippen LogP contribution in [0.1, 0.15) is 31.0 Å². The highest BCUT2D eigenvalue weighted by atomic mass is 35.5. The third kappa shape index (κ3) is 2.19. The van der Waals surface area contributed by atoms with Gasteiger partial charge in [0.2, 0.25) is 5.89 Å². The number of nitrogens with one attached hydrogen (secondary N) is 1. The van der Waals surface area contributed by atoms with Gasteiger partial charge in [-0.05, 0) is 6.42 Å². The van der Waals surface area contributed by atoms with Gasteiger partial charge in [-0.15, -0.1) is 12.4 Å². The van der Waals surface area contributed by atoms with E-state index in [0.717, 1.165) is 37.6 Å². The molecular formula is C8H14ClN3O. The van der Waals surface area contributed by atoms with Gasteiger partial charge >= 0.3 is 0 Å². The number of halogens is 1. The number of nitrogens with zero attached hydrogens (tertiary/aromatic N) is 2. The number of aromatic nitrogens is 2. The van der Waals surface area contributed by atoms with Crippen molar-refractivity contribution in [3.63, 3.8) is 0 Å². The van der Waals surface area contributed by atoms with Crippen LogP contribution in [0.5, 0.6) is 0 Å². The van der Waals surface area contributed by atoms with E-state index in [2.05, 4.69) is 22.4 Å². The minimum Gasteiger partial charge on any atom is -0.339 e. The first kappa shape index (κ1) is 10.5. The van der Waals surface area contributed by atoms with Gasteiger partial charge in [0.05, 0.1) is 5.92 Å². The zero-order valence-corrected chi connectivity index (χ0v) is 8.43. The normalized spacial score (nSPS) is 16.4. The van der Waals surface area contributed by atoms with E-state index >= 15 is 0 Å². The van der Waals surface area contributed by atoms with E-state index in [-0.39, 0.29) is 12.4 Å². The lowest BCUT2D eigenvalue weighted by atomic mass is 10.0. The Bertz CT molecular complexity index is 260. The van der Waals surface area contributed by atoms with Crippen molar-refractivity contribution in [3.8, 4) is 0 Å². The molecule has 1 fully saturated rings. The molecule has 1 aliphatic heterocycles. The van der Waals surface area contributed by atoms with Gasteiger partial charge in [0.15, 0.2) is 5.82 Å². The predicted molar refractivity (Wildman–Crippen MR) is 51.2 cm³/mol. The molecule has 13 heavy (non-hydrogen) atoms. The van der Waals surface area contributed by atoms with Gasteiger partial charge in [0.1, 0.15) is 0 Å². The average Bonchev–Trinajstić information content (AvgIpc) is 2.34. The van der Waals surface area contributed by atoms with Crippen molar-refractivity contribution >= 4 is 12.4 Å². The lowest BCUT2D eigenvalue weighted by Crippen LogP contribution is -2.40. The molecule has 1 saturated heterocycles. The van der Waals surface area contributed by atoms with Crippen LogP contribution in [0.4, 0.5) is 0 Å². The molecule has 5 heteroatoms. The van der Waals surface area contributed by atoms with Crippen LogP contribution in [0.2, 0.25) is 0 Å². The fourth-order valence-electron chi connectivity index (χ4n) is 1.22. The molecule has 1 N–H and O–H groups in total. The van der Waals surface area contributed by atoms with Crippen molar-refractivity contribution in [2.45, 2.75) is 25.7 Å². The molecule has 2 heterocycles. The van der Waals surface area contributed by atoms with Crippen molar-refractivity contribution in [1.29, 1.82) is 0 Å². The van der Waals surface area contributed by atoms with E-state index in [0.29, 0.717) is 5.92 Å². The Labute approximate surface area is 83.5 Å². The Morgan fingerprint density at radius 3 is 2.85 bits per heavy atom. The van der Waals surface area contributed by atoms with Gasteiger partial charge in [0.25, 0.3) is 0 Å². The predicted octanol–water partition coefficient (Wildman–Crippen LogP) is 1.13. The standard InChI is InChI=1S/C8H13N3O.ClH/c1-2-3-7-10-8(12-11-7)6-4-9-5-6;/h6,9H,2-5H2,1H3;1H. The molecule has 0 amide bonds. The zero-order chi connectivity index (χ0) is 8.39. The summed E-state index contributed by atoms with van der Waals surface area (Å²) in [6.45, 7) is 4.07. The van der Waals surface area contributed by atoms with Crippen LogP contribution in [0, 0.1) is 0 Å².